The molecule has 0 aliphatic heterocycles. The van der Waals surface area contributed by atoms with Crippen molar-refractivity contribution >= 4 is 17.6 Å². The molecule has 15 heavy (non-hydrogen) atoms. The number of carboxylic acids is 1. The maximum absolute atomic E-state index is 10.7. The first kappa shape index (κ1) is 11.9. The smallest absolute Gasteiger partial charge is 0.309 e. The molecule has 0 aromatic heterocycles. The first-order valence-electron chi connectivity index (χ1n) is 4.65. The summed E-state index contributed by atoms with van der Waals surface area (Å²) in [5.41, 5.74) is 0. The van der Waals surface area contributed by atoms with Crippen LogP contribution in [0.25, 0.3) is 0 Å². The van der Waals surface area contributed by atoms with Crippen molar-refractivity contribution in [3.8, 4) is 5.75 Å². The lowest BCUT2D eigenvalue weighted by Gasteiger charge is -2.18. The maximum Gasteiger partial charge on any atom is 0.309 e. The predicted octanol–water partition coefficient (Wildman–Crippen LogP) is 2.83. The Bertz CT molecular complexity index is 334. The molecule has 0 heterocycles. The van der Waals surface area contributed by atoms with Gasteiger partial charge in [-0.2, -0.15) is 0 Å². The van der Waals surface area contributed by atoms with E-state index in [-0.39, 0.29) is 6.10 Å². The Labute approximate surface area is 93.6 Å². The van der Waals surface area contributed by atoms with Gasteiger partial charge < -0.3 is 9.84 Å². The van der Waals surface area contributed by atoms with Crippen LogP contribution in [0.1, 0.15) is 13.8 Å². The van der Waals surface area contributed by atoms with E-state index in [0.29, 0.717) is 10.8 Å². The molecule has 2 atom stereocenters. The van der Waals surface area contributed by atoms with Gasteiger partial charge in [-0.05, 0) is 38.1 Å². The summed E-state index contributed by atoms with van der Waals surface area (Å²) in [6.07, 6.45) is -0.372. The number of ether oxygens (including phenoxy) is 1. The zero-order valence-corrected chi connectivity index (χ0v) is 9.36. The van der Waals surface area contributed by atoms with Gasteiger partial charge in [-0.15, -0.1) is 0 Å². The quantitative estimate of drug-likeness (QED) is 0.862. The van der Waals surface area contributed by atoms with E-state index >= 15 is 0 Å². The molecule has 3 nitrogen and oxygen atoms in total. The molecule has 82 valence electrons. The Kier molecular flexibility index (Phi) is 3.97. The summed E-state index contributed by atoms with van der Waals surface area (Å²) in [6, 6.07) is 6.84. The fourth-order valence-electron chi connectivity index (χ4n) is 1.03. The maximum atomic E-state index is 10.7. The van der Waals surface area contributed by atoms with E-state index in [1.165, 1.54) is 0 Å². The zero-order valence-electron chi connectivity index (χ0n) is 8.61. The molecule has 1 N–H and O–H groups in total. The fraction of sp³-hybridized carbons (Fsp3) is 0.364. The van der Waals surface area contributed by atoms with Crippen LogP contribution in [-0.2, 0) is 4.79 Å². The average molecular weight is 229 g/mol. The first-order chi connectivity index (χ1) is 7.00. The van der Waals surface area contributed by atoms with Gasteiger partial charge in [0.25, 0.3) is 0 Å². The van der Waals surface area contributed by atoms with E-state index in [2.05, 4.69) is 0 Å². The van der Waals surface area contributed by atoms with Crippen LogP contribution in [0.2, 0.25) is 5.02 Å². The lowest BCUT2D eigenvalue weighted by molar-refractivity contribution is -0.143. The van der Waals surface area contributed by atoms with Gasteiger partial charge in [0.15, 0.2) is 0 Å². The van der Waals surface area contributed by atoms with E-state index in [4.69, 9.17) is 21.4 Å². The molecule has 0 fully saturated rings. The second-order valence-electron chi connectivity index (χ2n) is 3.40. The lowest BCUT2D eigenvalue weighted by Crippen LogP contribution is -2.27. The number of hydrogen-bond donors (Lipinski definition) is 1. The number of rotatable bonds is 4. The van der Waals surface area contributed by atoms with E-state index < -0.39 is 11.9 Å². The number of carboxylic acid groups (broad SMARTS) is 1. The van der Waals surface area contributed by atoms with Crippen LogP contribution in [0.4, 0.5) is 0 Å². The third-order valence-electron chi connectivity index (χ3n) is 2.23. The monoisotopic (exact) mass is 228 g/mol. The minimum absolute atomic E-state index is 0.372. The van der Waals surface area contributed by atoms with Crippen molar-refractivity contribution in [3.05, 3.63) is 29.3 Å². The van der Waals surface area contributed by atoms with Gasteiger partial charge >= 0.3 is 5.97 Å². The summed E-state index contributed by atoms with van der Waals surface area (Å²) in [5, 5.41) is 9.40. The van der Waals surface area contributed by atoms with Gasteiger partial charge in [-0.3, -0.25) is 4.79 Å². The highest BCUT2D eigenvalue weighted by Gasteiger charge is 2.20. The molecule has 0 bridgehead atoms. The van der Waals surface area contributed by atoms with Crippen molar-refractivity contribution in [1.29, 1.82) is 0 Å². The summed E-state index contributed by atoms with van der Waals surface area (Å²) in [7, 11) is 0. The Morgan fingerprint density at radius 3 is 2.33 bits per heavy atom. The largest absolute Gasteiger partial charge is 0.490 e. The second-order valence-corrected chi connectivity index (χ2v) is 3.84. The van der Waals surface area contributed by atoms with Crippen LogP contribution in [0, 0.1) is 5.92 Å². The van der Waals surface area contributed by atoms with E-state index in [9.17, 15) is 4.79 Å². The first-order valence-corrected chi connectivity index (χ1v) is 5.03. The molecule has 0 saturated carbocycles. The van der Waals surface area contributed by atoms with Crippen molar-refractivity contribution in [2.24, 2.45) is 5.92 Å². The summed E-state index contributed by atoms with van der Waals surface area (Å²) < 4.78 is 5.45. The number of hydrogen-bond acceptors (Lipinski definition) is 2. The molecule has 4 heteroatoms. The minimum Gasteiger partial charge on any atom is -0.490 e. The van der Waals surface area contributed by atoms with Gasteiger partial charge in [0.05, 0.1) is 5.92 Å². The van der Waals surface area contributed by atoms with Crippen LogP contribution < -0.4 is 4.74 Å². The summed E-state index contributed by atoms with van der Waals surface area (Å²) >= 11 is 5.71. The van der Waals surface area contributed by atoms with Gasteiger partial charge in [0.1, 0.15) is 11.9 Å². The molecular weight excluding hydrogens is 216 g/mol. The molecule has 0 aliphatic rings. The summed E-state index contributed by atoms with van der Waals surface area (Å²) in [5.74, 6) is -0.780. The number of carbonyl (C=O) groups is 1. The van der Waals surface area contributed by atoms with E-state index in [0.717, 1.165) is 0 Å². The SMILES string of the molecule is CC(Oc1ccc(Cl)cc1)C(C)C(=O)O. The van der Waals surface area contributed by atoms with Crippen LogP contribution in [0.3, 0.4) is 0 Å². The van der Waals surface area contributed by atoms with Crippen LogP contribution in [0.15, 0.2) is 24.3 Å². The highest BCUT2D eigenvalue weighted by molar-refractivity contribution is 6.30. The average Bonchev–Trinajstić information content (AvgIpc) is 2.20. The molecule has 0 spiro atoms. The molecule has 0 saturated heterocycles. The van der Waals surface area contributed by atoms with Crippen molar-refractivity contribution < 1.29 is 14.6 Å². The standard InChI is InChI=1S/C11H13ClO3/c1-7(11(13)14)8(2)15-10-5-3-9(12)4-6-10/h3-8H,1-2H3,(H,13,14). The molecular formula is C11H13ClO3. The molecule has 0 aliphatic carbocycles. The molecule has 2 unspecified atom stereocenters. The van der Waals surface area contributed by atoms with Gasteiger partial charge in [0.2, 0.25) is 0 Å². The third kappa shape index (κ3) is 3.44. The topological polar surface area (TPSA) is 46.5 Å². The van der Waals surface area contributed by atoms with Crippen molar-refractivity contribution in [3.63, 3.8) is 0 Å². The second kappa shape index (κ2) is 5.03. The Morgan fingerprint density at radius 2 is 1.87 bits per heavy atom. The summed E-state index contributed by atoms with van der Waals surface area (Å²) in [6.45, 7) is 3.34. The number of aliphatic carboxylic acids is 1. The highest BCUT2D eigenvalue weighted by atomic mass is 35.5. The molecule has 1 aromatic carbocycles. The van der Waals surface area contributed by atoms with Crippen LogP contribution in [-0.4, -0.2) is 17.2 Å². The predicted molar refractivity (Wildman–Crippen MR) is 58.3 cm³/mol. The fourth-order valence-corrected chi connectivity index (χ4v) is 1.16. The summed E-state index contributed by atoms with van der Waals surface area (Å²) in [4.78, 5) is 10.7. The molecule has 0 amide bonds. The number of benzene rings is 1. The molecule has 1 rings (SSSR count). The Balaban J connectivity index is 2.62. The highest BCUT2D eigenvalue weighted by Crippen LogP contribution is 2.18. The molecule has 0 radical (unpaired) electrons. The van der Waals surface area contributed by atoms with E-state index in [1.54, 1.807) is 38.1 Å². The number of halogens is 1. The molecule has 1 aromatic rings. The zero-order chi connectivity index (χ0) is 11.4. The van der Waals surface area contributed by atoms with Crippen molar-refractivity contribution in [2.45, 2.75) is 20.0 Å². The van der Waals surface area contributed by atoms with Gasteiger partial charge in [0, 0.05) is 5.02 Å². The van der Waals surface area contributed by atoms with Crippen molar-refractivity contribution in [1.82, 2.24) is 0 Å². The minimum atomic E-state index is -0.864. The normalized spacial score (nSPS) is 14.3. The van der Waals surface area contributed by atoms with Crippen LogP contribution >= 0.6 is 11.6 Å². The van der Waals surface area contributed by atoms with Gasteiger partial charge in [-0.25, -0.2) is 0 Å². The van der Waals surface area contributed by atoms with Crippen molar-refractivity contribution in [2.75, 3.05) is 0 Å². The van der Waals surface area contributed by atoms with Crippen LogP contribution in [0.5, 0.6) is 5.75 Å². The van der Waals surface area contributed by atoms with E-state index in [1.807, 2.05) is 0 Å². The third-order valence-corrected chi connectivity index (χ3v) is 2.48. The van der Waals surface area contributed by atoms with Gasteiger partial charge in [-0.1, -0.05) is 11.6 Å². The Morgan fingerprint density at radius 1 is 1.33 bits per heavy atom. The Hall–Kier alpha value is -1.22. The lowest BCUT2D eigenvalue weighted by atomic mass is 10.1.